The lowest BCUT2D eigenvalue weighted by molar-refractivity contribution is -0.144. The Bertz CT molecular complexity index is 1160. The highest BCUT2D eigenvalue weighted by Gasteiger charge is 2.37. The second-order valence-electron chi connectivity index (χ2n) is 10.9. The van der Waals surface area contributed by atoms with E-state index < -0.39 is 66.0 Å². The molecule has 2 rings (SSSR count). The molecule has 1 saturated heterocycles. The highest BCUT2D eigenvalue weighted by molar-refractivity contribution is 5.98. The van der Waals surface area contributed by atoms with Crippen molar-refractivity contribution in [3.8, 4) is 0 Å². The van der Waals surface area contributed by atoms with Crippen LogP contribution in [-0.2, 0) is 35.2 Å². The first-order valence-electron chi connectivity index (χ1n) is 14.1. The molecule has 4 atom stereocenters. The number of carboxylic acids is 1. The van der Waals surface area contributed by atoms with Crippen LogP contribution in [0.1, 0.15) is 64.4 Å². The van der Waals surface area contributed by atoms with E-state index in [0.29, 0.717) is 24.8 Å². The summed E-state index contributed by atoms with van der Waals surface area (Å²) in [5.41, 5.74) is 6.13. The Labute approximate surface area is 245 Å². The van der Waals surface area contributed by atoms with Crippen LogP contribution in [0.3, 0.4) is 0 Å². The minimum absolute atomic E-state index is 0.00763. The number of nitrogens with zero attached hydrogens (tertiary/aromatic N) is 1. The average molecular weight is 587 g/mol. The lowest BCUT2D eigenvalue weighted by atomic mass is 9.97. The van der Waals surface area contributed by atoms with Crippen molar-refractivity contribution >= 4 is 41.2 Å². The first kappa shape index (κ1) is 33.9. The largest absolute Gasteiger partial charge is 0.481 e. The first-order chi connectivity index (χ1) is 19.8. The molecule has 0 aliphatic carbocycles. The third kappa shape index (κ3) is 10.6. The number of hydrogen-bond donors (Lipinski definition) is 6. The van der Waals surface area contributed by atoms with Crippen molar-refractivity contribution in [2.75, 3.05) is 7.05 Å². The number of carboxylic acid groups (broad SMARTS) is 1. The molecular weight excluding hydrogens is 544 g/mol. The van der Waals surface area contributed by atoms with Crippen LogP contribution in [0.15, 0.2) is 30.3 Å². The molecule has 4 amide bonds. The smallest absolute Gasteiger partial charge is 0.305 e. The first-order valence-corrected chi connectivity index (χ1v) is 14.1. The van der Waals surface area contributed by atoms with E-state index in [1.165, 1.54) is 11.9 Å². The molecule has 1 fully saturated rings. The number of Topliss-reactive ketones (excluding diaryl/α,β-unsaturated/α-hetero) is 1. The Morgan fingerprint density at radius 1 is 0.976 bits per heavy atom. The third-order valence-electron chi connectivity index (χ3n) is 7.09. The fourth-order valence-electron chi connectivity index (χ4n) is 4.93. The molecule has 1 heterocycles. The quantitative estimate of drug-likeness (QED) is 0.129. The molecule has 1 aliphatic rings. The Kier molecular flexibility index (Phi) is 13.1. The fraction of sp³-hybridized carbons (Fsp3) is 0.552. The van der Waals surface area contributed by atoms with Crippen molar-refractivity contribution in [3.05, 3.63) is 35.9 Å². The van der Waals surface area contributed by atoms with Gasteiger partial charge in [0.05, 0.1) is 18.3 Å². The molecule has 0 bridgehead atoms. The van der Waals surface area contributed by atoms with Crippen molar-refractivity contribution in [1.82, 2.24) is 20.9 Å². The van der Waals surface area contributed by atoms with Gasteiger partial charge in [-0.25, -0.2) is 0 Å². The Morgan fingerprint density at radius 3 is 2.21 bits per heavy atom. The molecule has 230 valence electrons. The molecule has 0 saturated carbocycles. The van der Waals surface area contributed by atoms with Crippen LogP contribution in [0.4, 0.5) is 0 Å². The van der Waals surface area contributed by atoms with Crippen LogP contribution < -0.4 is 21.7 Å². The summed E-state index contributed by atoms with van der Waals surface area (Å²) in [5, 5.41) is 24.5. The molecular formula is C29H42N6O7. The van der Waals surface area contributed by atoms with Crippen molar-refractivity contribution in [1.29, 1.82) is 5.41 Å². The van der Waals surface area contributed by atoms with E-state index >= 15 is 0 Å². The van der Waals surface area contributed by atoms with Gasteiger partial charge in [-0.1, -0.05) is 50.6 Å². The van der Waals surface area contributed by atoms with Gasteiger partial charge in [-0.05, 0) is 24.3 Å². The molecule has 13 heteroatoms. The predicted octanol–water partition coefficient (Wildman–Crippen LogP) is 0.500. The lowest BCUT2D eigenvalue weighted by Crippen LogP contribution is -2.59. The van der Waals surface area contributed by atoms with E-state index in [1.807, 2.05) is 0 Å². The number of likely N-dealkylation sites (N-methyl/N-ethyl adjacent to an activating group) is 1. The van der Waals surface area contributed by atoms with Crippen LogP contribution in [-0.4, -0.2) is 82.4 Å². The Hall–Kier alpha value is -4.29. The summed E-state index contributed by atoms with van der Waals surface area (Å²) in [4.78, 5) is 79.3. The zero-order valence-corrected chi connectivity index (χ0v) is 24.4. The average Bonchev–Trinajstić information content (AvgIpc) is 2.91. The molecule has 1 aliphatic heterocycles. The van der Waals surface area contributed by atoms with E-state index in [-0.39, 0.29) is 37.4 Å². The summed E-state index contributed by atoms with van der Waals surface area (Å²) in [5.74, 6) is -4.87. The van der Waals surface area contributed by atoms with Crippen molar-refractivity contribution < 1.29 is 33.9 Å². The number of hydrogen-bond acceptors (Lipinski definition) is 7. The van der Waals surface area contributed by atoms with Crippen molar-refractivity contribution in [2.45, 2.75) is 89.4 Å². The molecule has 0 aromatic heterocycles. The second kappa shape index (κ2) is 16.2. The van der Waals surface area contributed by atoms with Gasteiger partial charge in [-0.3, -0.25) is 34.2 Å². The number of carbonyl (C=O) groups excluding carboxylic acids is 5. The number of unbranched alkanes of at least 4 members (excludes halogenated alkanes) is 1. The molecule has 0 radical (unpaired) electrons. The Morgan fingerprint density at radius 2 is 1.62 bits per heavy atom. The van der Waals surface area contributed by atoms with E-state index in [9.17, 15) is 33.9 Å². The SMILES string of the molecule is CC(C)[C@H]1C(=O)N[C@@H](CCCCC(=N)N)C(=O)CCC(=O)N[C@@H](CC(=O)O)C(=O)N[C@H](Cc2ccccc2)C(=O)N1C. The number of benzene rings is 1. The molecule has 0 unspecified atom stereocenters. The van der Waals surface area contributed by atoms with Gasteiger partial charge in [-0.2, -0.15) is 0 Å². The summed E-state index contributed by atoms with van der Waals surface area (Å²) in [6, 6.07) is 4.23. The van der Waals surface area contributed by atoms with Crippen LogP contribution in [0.25, 0.3) is 0 Å². The summed E-state index contributed by atoms with van der Waals surface area (Å²) >= 11 is 0. The van der Waals surface area contributed by atoms with Crippen LogP contribution in [0, 0.1) is 11.3 Å². The number of rotatable bonds is 10. The number of nitrogens with one attached hydrogen (secondary N) is 4. The van der Waals surface area contributed by atoms with Gasteiger partial charge >= 0.3 is 5.97 Å². The van der Waals surface area contributed by atoms with Gasteiger partial charge in [0.2, 0.25) is 23.6 Å². The predicted molar refractivity (Wildman–Crippen MR) is 154 cm³/mol. The zero-order chi connectivity index (χ0) is 31.4. The van der Waals surface area contributed by atoms with E-state index in [0.717, 1.165) is 0 Å². The number of aliphatic carboxylic acids is 1. The van der Waals surface area contributed by atoms with Crippen LogP contribution >= 0.6 is 0 Å². The highest BCUT2D eigenvalue weighted by atomic mass is 16.4. The number of amidine groups is 1. The van der Waals surface area contributed by atoms with Gasteiger partial charge < -0.3 is 31.7 Å². The standard InChI is InChI=1S/C29H42N6O7/c1-17(2)26-28(41)33-19(11-7-8-12-23(30)31)22(36)13-14-24(37)32-20(16-25(38)39)27(40)34-21(29(42)35(26)3)15-18-9-5-4-6-10-18/h4-6,9-10,17,19-21,26H,7-8,11-16H2,1-3H3,(H3,30,31)(H,32,37)(H,33,41)(H,34,40)(H,38,39)/t19-,20-,21+,26-/m0/s1. The van der Waals surface area contributed by atoms with Crippen LogP contribution in [0.5, 0.6) is 0 Å². The number of nitrogens with two attached hydrogens (primary N) is 1. The van der Waals surface area contributed by atoms with E-state index in [1.54, 1.807) is 44.2 Å². The van der Waals surface area contributed by atoms with Gasteiger partial charge in [0, 0.05) is 32.7 Å². The van der Waals surface area contributed by atoms with E-state index in [4.69, 9.17) is 11.1 Å². The monoisotopic (exact) mass is 586 g/mol. The van der Waals surface area contributed by atoms with Gasteiger partial charge in [-0.15, -0.1) is 0 Å². The number of amides is 4. The molecule has 7 N–H and O–H groups in total. The van der Waals surface area contributed by atoms with Gasteiger partial charge in [0.25, 0.3) is 0 Å². The zero-order valence-electron chi connectivity index (χ0n) is 24.4. The number of ketones is 1. The lowest BCUT2D eigenvalue weighted by Gasteiger charge is -2.34. The maximum Gasteiger partial charge on any atom is 0.305 e. The van der Waals surface area contributed by atoms with Gasteiger partial charge in [0.1, 0.15) is 18.1 Å². The summed E-state index contributed by atoms with van der Waals surface area (Å²) in [7, 11) is 1.44. The molecule has 1 aromatic carbocycles. The topological polar surface area (TPSA) is 212 Å². The summed E-state index contributed by atoms with van der Waals surface area (Å²) < 4.78 is 0. The highest BCUT2D eigenvalue weighted by Crippen LogP contribution is 2.16. The molecule has 0 spiro atoms. The fourth-order valence-corrected chi connectivity index (χ4v) is 4.93. The van der Waals surface area contributed by atoms with Gasteiger partial charge in [0.15, 0.2) is 5.78 Å². The maximum atomic E-state index is 13.8. The molecule has 42 heavy (non-hydrogen) atoms. The van der Waals surface area contributed by atoms with Crippen LogP contribution in [0.2, 0.25) is 0 Å². The maximum absolute atomic E-state index is 13.8. The number of carbonyl (C=O) groups is 6. The minimum Gasteiger partial charge on any atom is -0.481 e. The summed E-state index contributed by atoms with van der Waals surface area (Å²) in [6.45, 7) is 3.50. The molecule has 1 aromatic rings. The third-order valence-corrected chi connectivity index (χ3v) is 7.09. The molecule has 13 nitrogen and oxygen atoms in total. The second-order valence-corrected chi connectivity index (χ2v) is 10.9. The van der Waals surface area contributed by atoms with E-state index in [2.05, 4.69) is 16.0 Å². The van der Waals surface area contributed by atoms with Crippen molar-refractivity contribution in [2.24, 2.45) is 11.7 Å². The van der Waals surface area contributed by atoms with Crippen molar-refractivity contribution in [3.63, 3.8) is 0 Å². The summed E-state index contributed by atoms with van der Waals surface area (Å²) in [6.07, 6.45) is 0.284. The minimum atomic E-state index is -1.49. The Balaban J connectivity index is 2.48. The normalized spacial score (nSPS) is 23.0.